The SMILES string of the molecule is CC1CCC(=O)N1c1ccc(-n2cnnc2)cc1. The van der Waals surface area contributed by atoms with E-state index in [1.54, 1.807) is 12.7 Å². The van der Waals surface area contributed by atoms with Crippen LogP contribution >= 0.6 is 0 Å². The molecule has 2 aromatic rings. The molecule has 3 rings (SSSR count). The van der Waals surface area contributed by atoms with Crippen molar-refractivity contribution >= 4 is 11.6 Å². The lowest BCUT2D eigenvalue weighted by atomic mass is 10.2. The van der Waals surface area contributed by atoms with Gasteiger partial charge in [-0.05, 0) is 37.6 Å². The molecule has 18 heavy (non-hydrogen) atoms. The Labute approximate surface area is 105 Å². The van der Waals surface area contributed by atoms with Gasteiger partial charge in [0.1, 0.15) is 12.7 Å². The fourth-order valence-electron chi connectivity index (χ4n) is 2.35. The third-order valence-corrected chi connectivity index (χ3v) is 3.33. The van der Waals surface area contributed by atoms with Crippen LogP contribution < -0.4 is 4.90 Å². The van der Waals surface area contributed by atoms with Crippen LogP contribution in [0.15, 0.2) is 36.9 Å². The molecule has 1 amide bonds. The molecular formula is C13H14N4O. The lowest BCUT2D eigenvalue weighted by molar-refractivity contribution is -0.117. The van der Waals surface area contributed by atoms with Crippen LogP contribution in [0.3, 0.4) is 0 Å². The van der Waals surface area contributed by atoms with Gasteiger partial charge in [0.25, 0.3) is 0 Å². The van der Waals surface area contributed by atoms with Crippen molar-refractivity contribution in [2.24, 2.45) is 0 Å². The van der Waals surface area contributed by atoms with Gasteiger partial charge < -0.3 is 4.90 Å². The number of anilines is 1. The lowest BCUT2D eigenvalue weighted by Gasteiger charge is -2.21. The number of nitrogens with zero attached hydrogens (tertiary/aromatic N) is 4. The Hall–Kier alpha value is -2.17. The van der Waals surface area contributed by atoms with Crippen molar-refractivity contribution < 1.29 is 4.79 Å². The van der Waals surface area contributed by atoms with Crippen molar-refractivity contribution in [2.45, 2.75) is 25.8 Å². The summed E-state index contributed by atoms with van der Waals surface area (Å²) in [5, 5.41) is 7.54. The third-order valence-electron chi connectivity index (χ3n) is 3.33. The standard InChI is InChI=1S/C13H14N4O/c1-10-2-7-13(18)17(10)12-5-3-11(4-6-12)16-8-14-15-9-16/h3-6,8-10H,2,7H2,1H3. The van der Waals surface area contributed by atoms with Gasteiger partial charge >= 0.3 is 0 Å². The largest absolute Gasteiger partial charge is 0.310 e. The van der Waals surface area contributed by atoms with Crippen molar-refractivity contribution in [1.29, 1.82) is 0 Å². The van der Waals surface area contributed by atoms with E-state index in [1.165, 1.54) is 0 Å². The summed E-state index contributed by atoms with van der Waals surface area (Å²) in [6, 6.07) is 8.16. The fourth-order valence-corrected chi connectivity index (χ4v) is 2.35. The van der Waals surface area contributed by atoms with E-state index in [9.17, 15) is 4.79 Å². The molecule has 5 heteroatoms. The van der Waals surface area contributed by atoms with Gasteiger partial charge in [0.15, 0.2) is 0 Å². The average Bonchev–Trinajstić information content (AvgIpc) is 3.01. The summed E-state index contributed by atoms with van der Waals surface area (Å²) in [4.78, 5) is 13.7. The molecule has 0 bridgehead atoms. The van der Waals surface area contributed by atoms with Gasteiger partial charge in [-0.3, -0.25) is 9.36 Å². The smallest absolute Gasteiger partial charge is 0.227 e. The highest BCUT2D eigenvalue weighted by Gasteiger charge is 2.28. The summed E-state index contributed by atoms with van der Waals surface area (Å²) < 4.78 is 1.83. The number of carbonyl (C=O) groups is 1. The van der Waals surface area contributed by atoms with Crippen molar-refractivity contribution in [3.8, 4) is 5.69 Å². The molecule has 0 aliphatic carbocycles. The quantitative estimate of drug-likeness (QED) is 0.806. The second-order valence-corrected chi connectivity index (χ2v) is 4.54. The molecule has 1 fully saturated rings. The van der Waals surface area contributed by atoms with E-state index in [-0.39, 0.29) is 5.91 Å². The zero-order chi connectivity index (χ0) is 12.5. The Bertz CT molecular complexity index is 547. The molecule has 1 aliphatic heterocycles. The average molecular weight is 242 g/mol. The number of benzene rings is 1. The predicted octanol–water partition coefficient (Wildman–Crippen LogP) is 1.78. The van der Waals surface area contributed by atoms with Gasteiger partial charge in [-0.1, -0.05) is 0 Å². The molecule has 0 N–H and O–H groups in total. The fraction of sp³-hybridized carbons (Fsp3) is 0.308. The highest BCUT2D eigenvalue weighted by Crippen LogP contribution is 2.26. The number of hydrogen-bond donors (Lipinski definition) is 0. The van der Waals surface area contributed by atoms with Crippen LogP contribution in [-0.2, 0) is 4.79 Å². The van der Waals surface area contributed by atoms with E-state index in [2.05, 4.69) is 17.1 Å². The molecule has 1 aliphatic rings. The molecule has 1 unspecified atom stereocenters. The second kappa shape index (κ2) is 4.25. The van der Waals surface area contributed by atoms with Crippen molar-refractivity contribution in [3.05, 3.63) is 36.9 Å². The van der Waals surface area contributed by atoms with Crippen LogP contribution in [-0.4, -0.2) is 26.7 Å². The number of rotatable bonds is 2. The van der Waals surface area contributed by atoms with Gasteiger partial charge in [0.2, 0.25) is 5.91 Å². The molecule has 0 spiro atoms. The molecule has 0 radical (unpaired) electrons. The molecule has 92 valence electrons. The highest BCUT2D eigenvalue weighted by molar-refractivity contribution is 5.96. The highest BCUT2D eigenvalue weighted by atomic mass is 16.2. The summed E-state index contributed by atoms with van der Waals surface area (Å²) in [6.45, 7) is 2.08. The van der Waals surface area contributed by atoms with Gasteiger partial charge in [-0.25, -0.2) is 0 Å². The van der Waals surface area contributed by atoms with Crippen molar-refractivity contribution in [3.63, 3.8) is 0 Å². The van der Waals surface area contributed by atoms with Crippen LogP contribution in [0, 0.1) is 0 Å². The molecule has 1 atom stereocenters. The maximum atomic E-state index is 11.8. The molecular weight excluding hydrogens is 228 g/mol. The van der Waals surface area contributed by atoms with Crippen LogP contribution in [0.1, 0.15) is 19.8 Å². The van der Waals surface area contributed by atoms with Crippen LogP contribution in [0.2, 0.25) is 0 Å². The summed E-state index contributed by atoms with van der Waals surface area (Å²) in [5.74, 6) is 0.208. The Morgan fingerprint density at radius 1 is 1.11 bits per heavy atom. The number of carbonyl (C=O) groups excluding carboxylic acids is 1. The minimum Gasteiger partial charge on any atom is -0.310 e. The zero-order valence-electron chi connectivity index (χ0n) is 10.2. The van der Waals surface area contributed by atoms with E-state index < -0.39 is 0 Å². The van der Waals surface area contributed by atoms with Crippen LogP contribution in [0.4, 0.5) is 5.69 Å². The second-order valence-electron chi connectivity index (χ2n) is 4.54. The first-order valence-electron chi connectivity index (χ1n) is 6.03. The maximum Gasteiger partial charge on any atom is 0.227 e. The van der Waals surface area contributed by atoms with Gasteiger partial charge in [0.05, 0.1) is 0 Å². The van der Waals surface area contributed by atoms with Crippen molar-refractivity contribution in [2.75, 3.05) is 4.90 Å². The molecule has 0 saturated carbocycles. The number of hydrogen-bond acceptors (Lipinski definition) is 3. The molecule has 2 heterocycles. The number of amides is 1. The summed E-state index contributed by atoms with van der Waals surface area (Å²) in [7, 11) is 0. The number of aromatic nitrogens is 3. The van der Waals surface area contributed by atoms with Crippen molar-refractivity contribution in [1.82, 2.24) is 14.8 Å². The minimum atomic E-state index is 0.208. The van der Waals surface area contributed by atoms with E-state index in [4.69, 9.17) is 0 Å². The predicted molar refractivity (Wildman–Crippen MR) is 67.5 cm³/mol. The first-order valence-corrected chi connectivity index (χ1v) is 6.03. The van der Waals surface area contributed by atoms with Gasteiger partial charge in [-0.15, -0.1) is 10.2 Å². The first-order chi connectivity index (χ1) is 8.75. The van der Waals surface area contributed by atoms with E-state index in [0.29, 0.717) is 12.5 Å². The summed E-state index contributed by atoms with van der Waals surface area (Å²) >= 11 is 0. The molecule has 5 nitrogen and oxygen atoms in total. The first kappa shape index (κ1) is 11.0. The Kier molecular flexibility index (Phi) is 2.59. The van der Waals surface area contributed by atoms with Gasteiger partial charge in [-0.2, -0.15) is 0 Å². The Morgan fingerprint density at radius 3 is 2.28 bits per heavy atom. The van der Waals surface area contributed by atoms with E-state index >= 15 is 0 Å². The molecule has 1 saturated heterocycles. The topological polar surface area (TPSA) is 51.0 Å². The molecule has 1 aromatic carbocycles. The van der Waals surface area contributed by atoms with E-state index in [1.807, 2.05) is 33.7 Å². The summed E-state index contributed by atoms with van der Waals surface area (Å²) in [5.41, 5.74) is 1.95. The third kappa shape index (κ3) is 1.77. The normalized spacial score (nSPS) is 19.5. The Morgan fingerprint density at radius 2 is 1.72 bits per heavy atom. The monoisotopic (exact) mass is 242 g/mol. The Balaban J connectivity index is 1.89. The van der Waals surface area contributed by atoms with Gasteiger partial charge in [0, 0.05) is 23.8 Å². The van der Waals surface area contributed by atoms with E-state index in [0.717, 1.165) is 17.8 Å². The minimum absolute atomic E-state index is 0.208. The molecule has 1 aromatic heterocycles. The lowest BCUT2D eigenvalue weighted by Crippen LogP contribution is -2.30. The van der Waals surface area contributed by atoms with Crippen LogP contribution in [0.5, 0.6) is 0 Å². The zero-order valence-corrected chi connectivity index (χ0v) is 10.2. The maximum absolute atomic E-state index is 11.8. The summed E-state index contributed by atoms with van der Waals surface area (Å²) in [6.07, 6.45) is 4.89. The van der Waals surface area contributed by atoms with Crippen LogP contribution in [0.25, 0.3) is 5.69 Å².